The topological polar surface area (TPSA) is 83.8 Å². The molecule has 2 N–H and O–H groups in total. The second-order valence-corrected chi connectivity index (χ2v) is 5.28. The molecule has 1 aliphatic carbocycles. The van der Waals surface area contributed by atoms with Crippen molar-refractivity contribution >= 4 is 11.9 Å². The highest BCUT2D eigenvalue weighted by atomic mass is 16.5. The molecule has 0 heterocycles. The van der Waals surface area contributed by atoms with Crippen molar-refractivity contribution in [3.8, 4) is 0 Å². The van der Waals surface area contributed by atoms with Gasteiger partial charge >= 0.3 is 11.9 Å². The summed E-state index contributed by atoms with van der Waals surface area (Å²) in [5, 5.41) is 18.4. The van der Waals surface area contributed by atoms with E-state index in [1.807, 2.05) is 0 Å². The van der Waals surface area contributed by atoms with Gasteiger partial charge in [-0.1, -0.05) is 25.7 Å². The van der Waals surface area contributed by atoms with Crippen LogP contribution in [0.2, 0.25) is 0 Å². The maximum Gasteiger partial charge on any atom is 0.323 e. The molecular weight excluding hydrogens is 248 g/mol. The number of carbonyl (C=O) groups excluding carboxylic acids is 1. The zero-order valence-electron chi connectivity index (χ0n) is 11.6. The summed E-state index contributed by atoms with van der Waals surface area (Å²) >= 11 is 0. The summed E-state index contributed by atoms with van der Waals surface area (Å²) in [5.41, 5.74) is -1.39. The summed E-state index contributed by atoms with van der Waals surface area (Å²) in [4.78, 5) is 23.8. The average molecular weight is 272 g/mol. The molecule has 0 bridgehead atoms. The minimum atomic E-state index is -1.39. The third-order valence-corrected chi connectivity index (χ3v) is 4.21. The molecule has 0 aromatic rings. The van der Waals surface area contributed by atoms with Crippen molar-refractivity contribution in [3.05, 3.63) is 0 Å². The van der Waals surface area contributed by atoms with E-state index in [1.165, 1.54) is 7.11 Å². The summed E-state index contributed by atoms with van der Waals surface area (Å²) in [6.07, 6.45) is 5.82. The van der Waals surface area contributed by atoms with Gasteiger partial charge in [-0.25, -0.2) is 0 Å². The van der Waals surface area contributed by atoms with E-state index in [9.17, 15) is 14.7 Å². The first kappa shape index (κ1) is 16.0. The molecule has 1 unspecified atom stereocenters. The lowest BCUT2D eigenvalue weighted by atomic mass is 9.70. The predicted octanol–water partition coefficient (Wildman–Crippen LogP) is 1.97. The number of esters is 1. The van der Waals surface area contributed by atoms with Crippen LogP contribution >= 0.6 is 0 Å². The molecular formula is C14H24O5. The molecule has 1 atom stereocenters. The van der Waals surface area contributed by atoms with Gasteiger partial charge in [0.15, 0.2) is 5.41 Å². The van der Waals surface area contributed by atoms with Crippen LogP contribution < -0.4 is 0 Å². The number of aliphatic hydroxyl groups excluding tert-OH is 1. The van der Waals surface area contributed by atoms with Crippen LogP contribution in [-0.2, 0) is 14.3 Å². The maximum absolute atomic E-state index is 12.1. The van der Waals surface area contributed by atoms with E-state index in [-0.39, 0.29) is 12.5 Å². The lowest BCUT2D eigenvalue weighted by molar-refractivity contribution is -0.172. The molecule has 5 heteroatoms. The summed E-state index contributed by atoms with van der Waals surface area (Å²) in [5.74, 6) is -1.79. The monoisotopic (exact) mass is 272 g/mol. The van der Waals surface area contributed by atoms with Crippen LogP contribution in [0.25, 0.3) is 0 Å². The number of aliphatic hydroxyl groups is 1. The molecule has 0 aromatic carbocycles. The van der Waals surface area contributed by atoms with E-state index in [0.29, 0.717) is 19.3 Å². The maximum atomic E-state index is 12.1. The number of aliphatic carboxylic acids is 1. The Kier molecular flexibility index (Phi) is 6.28. The van der Waals surface area contributed by atoms with E-state index >= 15 is 0 Å². The highest BCUT2D eigenvalue weighted by Crippen LogP contribution is 2.44. The van der Waals surface area contributed by atoms with E-state index in [1.54, 1.807) is 0 Å². The Morgan fingerprint density at radius 2 is 1.84 bits per heavy atom. The van der Waals surface area contributed by atoms with E-state index < -0.39 is 17.4 Å². The zero-order valence-corrected chi connectivity index (χ0v) is 11.6. The fourth-order valence-corrected chi connectivity index (χ4v) is 3.13. The number of hydrogen-bond acceptors (Lipinski definition) is 4. The minimum absolute atomic E-state index is 0.0989. The second kappa shape index (κ2) is 7.48. The smallest absolute Gasteiger partial charge is 0.323 e. The predicted molar refractivity (Wildman–Crippen MR) is 69.6 cm³/mol. The molecule has 19 heavy (non-hydrogen) atoms. The number of ether oxygens (including phenoxy) is 1. The quantitative estimate of drug-likeness (QED) is 0.401. The van der Waals surface area contributed by atoms with Gasteiger partial charge in [-0.2, -0.15) is 0 Å². The Labute approximate surface area is 114 Å². The number of rotatable bonds is 8. The van der Waals surface area contributed by atoms with Crippen molar-refractivity contribution in [2.45, 2.75) is 51.4 Å². The Bertz CT molecular complexity index is 309. The van der Waals surface area contributed by atoms with Crippen LogP contribution in [0.4, 0.5) is 0 Å². The number of hydrogen-bond donors (Lipinski definition) is 2. The SMILES string of the molecule is COC(=O)C(CCCCCO)(C(=O)O)C1CCCC1. The fourth-order valence-electron chi connectivity index (χ4n) is 3.13. The molecule has 0 aromatic heterocycles. The first-order valence-corrected chi connectivity index (χ1v) is 7.02. The molecule has 0 radical (unpaired) electrons. The molecule has 0 aliphatic heterocycles. The molecule has 1 saturated carbocycles. The van der Waals surface area contributed by atoms with Gasteiger partial charge in [0.1, 0.15) is 0 Å². The van der Waals surface area contributed by atoms with Gasteiger partial charge in [-0.05, 0) is 31.6 Å². The largest absolute Gasteiger partial charge is 0.480 e. The van der Waals surface area contributed by atoms with Crippen LogP contribution in [0.15, 0.2) is 0 Å². The van der Waals surface area contributed by atoms with Crippen molar-refractivity contribution in [1.82, 2.24) is 0 Å². The van der Waals surface area contributed by atoms with Crippen molar-refractivity contribution < 1.29 is 24.5 Å². The van der Waals surface area contributed by atoms with Gasteiger partial charge < -0.3 is 14.9 Å². The molecule has 1 rings (SSSR count). The summed E-state index contributed by atoms with van der Waals surface area (Å²) in [6, 6.07) is 0. The Hall–Kier alpha value is -1.10. The number of unbranched alkanes of at least 4 members (excludes halogenated alkanes) is 2. The van der Waals surface area contributed by atoms with Crippen LogP contribution in [0.5, 0.6) is 0 Å². The Morgan fingerprint density at radius 1 is 1.21 bits per heavy atom. The Balaban J connectivity index is 2.84. The first-order valence-electron chi connectivity index (χ1n) is 7.02. The Morgan fingerprint density at radius 3 is 2.32 bits per heavy atom. The molecule has 0 spiro atoms. The number of methoxy groups -OCH3 is 1. The molecule has 5 nitrogen and oxygen atoms in total. The third-order valence-electron chi connectivity index (χ3n) is 4.21. The highest BCUT2D eigenvalue weighted by molar-refractivity contribution is 5.99. The second-order valence-electron chi connectivity index (χ2n) is 5.28. The third kappa shape index (κ3) is 3.47. The zero-order chi connectivity index (χ0) is 14.3. The van der Waals surface area contributed by atoms with E-state index in [4.69, 9.17) is 9.84 Å². The summed E-state index contributed by atoms with van der Waals surface area (Å²) in [6.45, 7) is 0.0989. The van der Waals surface area contributed by atoms with Gasteiger partial charge in [-0.15, -0.1) is 0 Å². The summed E-state index contributed by atoms with van der Waals surface area (Å²) in [7, 11) is 1.25. The number of carboxylic acids is 1. The molecule has 1 fully saturated rings. The van der Waals surface area contributed by atoms with Crippen LogP contribution in [0.3, 0.4) is 0 Å². The van der Waals surface area contributed by atoms with Crippen molar-refractivity contribution in [2.24, 2.45) is 11.3 Å². The lowest BCUT2D eigenvalue weighted by Gasteiger charge is -2.32. The van der Waals surface area contributed by atoms with Crippen LogP contribution in [-0.4, -0.2) is 35.9 Å². The number of carboxylic acid groups (broad SMARTS) is 1. The molecule has 1 aliphatic rings. The van der Waals surface area contributed by atoms with Gasteiger partial charge in [0, 0.05) is 6.61 Å². The normalized spacial score (nSPS) is 19.1. The number of carbonyl (C=O) groups is 2. The molecule has 0 amide bonds. The van der Waals surface area contributed by atoms with Crippen molar-refractivity contribution in [1.29, 1.82) is 0 Å². The summed E-state index contributed by atoms with van der Waals surface area (Å²) < 4.78 is 4.78. The average Bonchev–Trinajstić information content (AvgIpc) is 2.92. The van der Waals surface area contributed by atoms with Gasteiger partial charge in [0.05, 0.1) is 7.11 Å². The van der Waals surface area contributed by atoms with Crippen LogP contribution in [0, 0.1) is 11.3 Å². The van der Waals surface area contributed by atoms with Crippen molar-refractivity contribution in [3.63, 3.8) is 0 Å². The van der Waals surface area contributed by atoms with Crippen LogP contribution in [0.1, 0.15) is 51.4 Å². The van der Waals surface area contributed by atoms with E-state index in [2.05, 4.69) is 0 Å². The lowest BCUT2D eigenvalue weighted by Crippen LogP contribution is -2.45. The van der Waals surface area contributed by atoms with Gasteiger partial charge in [0.25, 0.3) is 0 Å². The van der Waals surface area contributed by atoms with Crippen molar-refractivity contribution in [2.75, 3.05) is 13.7 Å². The van der Waals surface area contributed by atoms with Gasteiger partial charge in [-0.3, -0.25) is 9.59 Å². The molecule has 0 saturated heterocycles. The fraction of sp³-hybridized carbons (Fsp3) is 0.857. The first-order chi connectivity index (χ1) is 9.09. The standard InChI is InChI=1S/C14H24O5/c1-19-13(18)14(12(16)17,9-5-2-6-10-15)11-7-3-4-8-11/h11,15H,2-10H2,1H3,(H,16,17). The van der Waals surface area contributed by atoms with Gasteiger partial charge in [0.2, 0.25) is 0 Å². The van der Waals surface area contributed by atoms with E-state index in [0.717, 1.165) is 32.1 Å². The highest BCUT2D eigenvalue weighted by Gasteiger charge is 2.53. The molecule has 110 valence electrons. The minimum Gasteiger partial charge on any atom is -0.480 e.